The number of carbonyl (C=O) groups is 3. The summed E-state index contributed by atoms with van der Waals surface area (Å²) in [6, 6.07) is 15.3. The SMILES string of the molecule is CCC(CC)NC(=O)C(Cc1ccccc1)N1C(=O)c2ccccc2C1=O. The molecule has 3 rings (SSSR count). The van der Waals surface area contributed by atoms with E-state index in [2.05, 4.69) is 5.32 Å². The number of amides is 3. The molecule has 3 amide bonds. The van der Waals surface area contributed by atoms with Crippen LogP contribution in [0.5, 0.6) is 0 Å². The molecule has 1 unspecified atom stereocenters. The highest BCUT2D eigenvalue weighted by Crippen LogP contribution is 2.26. The molecule has 0 radical (unpaired) electrons. The molecule has 5 nitrogen and oxygen atoms in total. The second kappa shape index (κ2) is 8.16. The summed E-state index contributed by atoms with van der Waals surface area (Å²) in [6.07, 6.45) is 1.88. The van der Waals surface area contributed by atoms with Gasteiger partial charge in [-0.05, 0) is 30.5 Å². The maximum absolute atomic E-state index is 13.0. The third-order valence-corrected chi connectivity index (χ3v) is 5.04. The van der Waals surface area contributed by atoms with Crippen LogP contribution < -0.4 is 5.32 Å². The van der Waals surface area contributed by atoms with Gasteiger partial charge in [0.05, 0.1) is 11.1 Å². The smallest absolute Gasteiger partial charge is 0.262 e. The Morgan fingerprint density at radius 3 is 1.93 bits per heavy atom. The number of imide groups is 1. The van der Waals surface area contributed by atoms with E-state index in [0.29, 0.717) is 11.1 Å². The van der Waals surface area contributed by atoms with E-state index in [1.165, 1.54) is 0 Å². The van der Waals surface area contributed by atoms with Gasteiger partial charge in [-0.3, -0.25) is 19.3 Å². The first-order valence-electron chi connectivity index (χ1n) is 9.38. The van der Waals surface area contributed by atoms with Crippen LogP contribution in [0, 0.1) is 0 Å². The molecule has 140 valence electrons. The van der Waals surface area contributed by atoms with Crippen LogP contribution in [0.15, 0.2) is 54.6 Å². The van der Waals surface area contributed by atoms with E-state index in [1.54, 1.807) is 24.3 Å². The lowest BCUT2D eigenvalue weighted by molar-refractivity contribution is -0.125. The van der Waals surface area contributed by atoms with E-state index >= 15 is 0 Å². The van der Waals surface area contributed by atoms with Crippen molar-refractivity contribution in [3.8, 4) is 0 Å². The van der Waals surface area contributed by atoms with Crippen molar-refractivity contribution in [3.05, 3.63) is 71.3 Å². The minimum Gasteiger partial charge on any atom is -0.352 e. The molecule has 0 fully saturated rings. The van der Waals surface area contributed by atoms with Crippen LogP contribution in [0.3, 0.4) is 0 Å². The monoisotopic (exact) mass is 364 g/mol. The van der Waals surface area contributed by atoms with Gasteiger partial charge >= 0.3 is 0 Å². The lowest BCUT2D eigenvalue weighted by Crippen LogP contribution is -2.52. The first kappa shape index (κ1) is 18.8. The molecule has 0 bridgehead atoms. The van der Waals surface area contributed by atoms with Crippen LogP contribution >= 0.6 is 0 Å². The highest BCUT2D eigenvalue weighted by molar-refractivity contribution is 6.22. The second-order valence-corrected chi connectivity index (χ2v) is 6.75. The van der Waals surface area contributed by atoms with Gasteiger partial charge < -0.3 is 5.32 Å². The van der Waals surface area contributed by atoms with Gasteiger partial charge in [0.25, 0.3) is 11.8 Å². The number of carbonyl (C=O) groups excluding carboxylic acids is 3. The Bertz CT molecular complexity index is 809. The first-order chi connectivity index (χ1) is 13.1. The molecular formula is C22H24N2O3. The molecule has 5 heteroatoms. The topological polar surface area (TPSA) is 66.5 Å². The summed E-state index contributed by atoms with van der Waals surface area (Å²) in [5, 5.41) is 3.00. The summed E-state index contributed by atoms with van der Waals surface area (Å²) in [5.41, 5.74) is 1.62. The van der Waals surface area contributed by atoms with Crippen molar-refractivity contribution >= 4 is 17.7 Å². The molecular weight excluding hydrogens is 340 g/mol. The standard InChI is InChI=1S/C22H24N2O3/c1-3-16(4-2)23-20(25)19(14-15-10-6-5-7-11-15)24-21(26)17-12-8-9-13-18(17)22(24)27/h5-13,16,19H,3-4,14H2,1-2H3,(H,23,25). The largest absolute Gasteiger partial charge is 0.352 e. The minimum absolute atomic E-state index is 0.0194. The molecule has 1 atom stereocenters. The fourth-order valence-corrected chi connectivity index (χ4v) is 3.42. The maximum atomic E-state index is 13.0. The zero-order chi connectivity index (χ0) is 19.4. The molecule has 1 aliphatic heterocycles. The molecule has 2 aromatic carbocycles. The van der Waals surface area contributed by atoms with Crippen molar-refractivity contribution in [2.75, 3.05) is 0 Å². The van der Waals surface area contributed by atoms with E-state index in [1.807, 2.05) is 44.2 Å². The summed E-state index contributed by atoms with van der Waals surface area (Å²) in [4.78, 5) is 40.0. The summed E-state index contributed by atoms with van der Waals surface area (Å²) in [5.74, 6) is -1.10. The van der Waals surface area contributed by atoms with Crippen LogP contribution in [0.25, 0.3) is 0 Å². The van der Waals surface area contributed by atoms with Gasteiger partial charge in [-0.2, -0.15) is 0 Å². The zero-order valence-corrected chi connectivity index (χ0v) is 15.6. The average molecular weight is 364 g/mol. The van der Waals surface area contributed by atoms with Crippen molar-refractivity contribution in [2.45, 2.75) is 45.2 Å². The summed E-state index contributed by atoms with van der Waals surface area (Å²) >= 11 is 0. The maximum Gasteiger partial charge on any atom is 0.262 e. The van der Waals surface area contributed by atoms with E-state index in [-0.39, 0.29) is 18.4 Å². The third-order valence-electron chi connectivity index (χ3n) is 5.04. The molecule has 0 aliphatic carbocycles. The van der Waals surface area contributed by atoms with Gasteiger partial charge in [-0.1, -0.05) is 56.3 Å². The van der Waals surface area contributed by atoms with Crippen LogP contribution in [-0.4, -0.2) is 34.7 Å². The van der Waals surface area contributed by atoms with E-state index in [4.69, 9.17) is 0 Å². The average Bonchev–Trinajstić information content (AvgIpc) is 2.95. The Balaban J connectivity index is 1.93. The number of hydrogen-bond donors (Lipinski definition) is 1. The molecule has 0 saturated carbocycles. The number of nitrogens with one attached hydrogen (secondary N) is 1. The Kier molecular flexibility index (Phi) is 5.69. The quantitative estimate of drug-likeness (QED) is 0.767. The van der Waals surface area contributed by atoms with Crippen molar-refractivity contribution < 1.29 is 14.4 Å². The number of rotatable bonds is 7. The highest BCUT2D eigenvalue weighted by Gasteiger charge is 2.42. The molecule has 0 spiro atoms. The van der Waals surface area contributed by atoms with Gasteiger partial charge in [-0.25, -0.2) is 0 Å². The summed E-state index contributed by atoms with van der Waals surface area (Å²) in [7, 11) is 0. The van der Waals surface area contributed by atoms with Crippen molar-refractivity contribution in [1.82, 2.24) is 10.2 Å². The third kappa shape index (κ3) is 3.77. The van der Waals surface area contributed by atoms with Crippen molar-refractivity contribution in [3.63, 3.8) is 0 Å². The fourth-order valence-electron chi connectivity index (χ4n) is 3.42. The Morgan fingerprint density at radius 2 is 1.41 bits per heavy atom. The van der Waals surface area contributed by atoms with Gasteiger partial charge in [-0.15, -0.1) is 0 Å². The lowest BCUT2D eigenvalue weighted by Gasteiger charge is -2.27. The van der Waals surface area contributed by atoms with Crippen LogP contribution in [0.4, 0.5) is 0 Å². The van der Waals surface area contributed by atoms with Gasteiger partial charge in [0, 0.05) is 12.5 Å². The molecule has 1 N–H and O–H groups in total. The zero-order valence-electron chi connectivity index (χ0n) is 15.6. The van der Waals surface area contributed by atoms with E-state index in [9.17, 15) is 14.4 Å². The number of benzene rings is 2. The lowest BCUT2D eigenvalue weighted by atomic mass is 10.0. The molecule has 1 aliphatic rings. The van der Waals surface area contributed by atoms with Gasteiger partial charge in [0.15, 0.2) is 0 Å². The first-order valence-corrected chi connectivity index (χ1v) is 9.38. The molecule has 27 heavy (non-hydrogen) atoms. The van der Waals surface area contributed by atoms with E-state index in [0.717, 1.165) is 23.3 Å². The molecule has 1 heterocycles. The predicted molar refractivity (Wildman–Crippen MR) is 103 cm³/mol. The van der Waals surface area contributed by atoms with Crippen LogP contribution in [0.2, 0.25) is 0 Å². The molecule has 0 aromatic heterocycles. The van der Waals surface area contributed by atoms with Crippen LogP contribution in [-0.2, 0) is 11.2 Å². The predicted octanol–water partition coefficient (Wildman–Crippen LogP) is 3.20. The number of hydrogen-bond acceptors (Lipinski definition) is 3. The highest BCUT2D eigenvalue weighted by atomic mass is 16.2. The summed E-state index contributed by atoms with van der Waals surface area (Å²) < 4.78 is 0. The molecule has 2 aromatic rings. The van der Waals surface area contributed by atoms with Crippen LogP contribution in [0.1, 0.15) is 53.0 Å². The van der Waals surface area contributed by atoms with Gasteiger partial charge in [0.2, 0.25) is 5.91 Å². The summed E-state index contributed by atoms with van der Waals surface area (Å²) in [6.45, 7) is 4.01. The van der Waals surface area contributed by atoms with Crippen molar-refractivity contribution in [1.29, 1.82) is 0 Å². The normalized spacial score (nSPS) is 14.4. The Morgan fingerprint density at radius 1 is 0.889 bits per heavy atom. The number of nitrogens with zero attached hydrogens (tertiary/aromatic N) is 1. The molecule has 0 saturated heterocycles. The Labute approximate surface area is 159 Å². The van der Waals surface area contributed by atoms with Crippen molar-refractivity contribution in [2.24, 2.45) is 0 Å². The van der Waals surface area contributed by atoms with E-state index < -0.39 is 17.9 Å². The number of fused-ring (bicyclic) bond motifs is 1. The Hall–Kier alpha value is -2.95. The minimum atomic E-state index is -0.875. The second-order valence-electron chi connectivity index (χ2n) is 6.75. The van der Waals surface area contributed by atoms with Gasteiger partial charge in [0.1, 0.15) is 6.04 Å². The fraction of sp³-hybridized carbons (Fsp3) is 0.318.